The van der Waals surface area contributed by atoms with Crippen LogP contribution in [0.3, 0.4) is 0 Å². The summed E-state index contributed by atoms with van der Waals surface area (Å²) in [7, 11) is 1.66. The van der Waals surface area contributed by atoms with Crippen molar-refractivity contribution in [3.63, 3.8) is 0 Å². The summed E-state index contributed by atoms with van der Waals surface area (Å²) in [5.74, 6) is 6.49. The maximum atomic E-state index is 5.67. The van der Waals surface area contributed by atoms with E-state index in [9.17, 15) is 0 Å². The fraction of sp³-hybridized carbons (Fsp3) is 0.143. The van der Waals surface area contributed by atoms with Gasteiger partial charge in [-0.15, -0.1) is 0 Å². The van der Waals surface area contributed by atoms with Crippen LogP contribution in [0.4, 0.5) is 0 Å². The van der Waals surface area contributed by atoms with Gasteiger partial charge in [-0.2, -0.15) is 0 Å². The molecule has 0 saturated heterocycles. The second kappa shape index (κ2) is 6.00. The number of halogens is 1. The molecule has 0 radical (unpaired) electrons. The van der Waals surface area contributed by atoms with Crippen molar-refractivity contribution in [3.05, 3.63) is 64.1 Å². The average Bonchev–Trinajstić information content (AvgIpc) is 2.40. The van der Waals surface area contributed by atoms with Crippen LogP contribution in [0.2, 0.25) is 0 Å². The van der Waals surface area contributed by atoms with Gasteiger partial charge < -0.3 is 4.74 Å². The Morgan fingerprint density at radius 1 is 1.11 bits per heavy atom. The van der Waals surface area contributed by atoms with Crippen LogP contribution < -0.4 is 16.0 Å². The third-order valence-electron chi connectivity index (χ3n) is 2.78. The number of rotatable bonds is 4. The molecule has 2 rings (SSSR count). The third kappa shape index (κ3) is 2.90. The molecule has 2 aromatic carbocycles. The SMILES string of the molecule is COc1cccc(C(NN)c2cccc(Br)c2)c1. The molecule has 94 valence electrons. The van der Waals surface area contributed by atoms with Crippen molar-refractivity contribution in [2.45, 2.75) is 6.04 Å². The molecule has 0 aromatic heterocycles. The number of hydrogen-bond acceptors (Lipinski definition) is 3. The molecular weight excluding hydrogens is 292 g/mol. The zero-order chi connectivity index (χ0) is 13.0. The van der Waals surface area contributed by atoms with Gasteiger partial charge in [0.1, 0.15) is 5.75 Å². The van der Waals surface area contributed by atoms with Gasteiger partial charge in [-0.3, -0.25) is 5.84 Å². The van der Waals surface area contributed by atoms with Crippen molar-refractivity contribution in [3.8, 4) is 5.75 Å². The number of nitrogens with two attached hydrogens (primary N) is 1. The fourth-order valence-electron chi connectivity index (χ4n) is 1.89. The first-order valence-corrected chi connectivity index (χ1v) is 6.39. The van der Waals surface area contributed by atoms with E-state index in [0.717, 1.165) is 21.3 Å². The van der Waals surface area contributed by atoms with E-state index in [-0.39, 0.29) is 6.04 Å². The van der Waals surface area contributed by atoms with Crippen molar-refractivity contribution in [1.82, 2.24) is 5.43 Å². The Morgan fingerprint density at radius 2 is 1.78 bits per heavy atom. The maximum absolute atomic E-state index is 5.67. The summed E-state index contributed by atoms with van der Waals surface area (Å²) in [5, 5.41) is 0. The summed E-state index contributed by atoms with van der Waals surface area (Å²) < 4.78 is 6.26. The molecule has 4 heteroatoms. The average molecular weight is 307 g/mol. The van der Waals surface area contributed by atoms with Crippen LogP contribution in [0.5, 0.6) is 5.75 Å². The number of ether oxygens (including phenoxy) is 1. The Hall–Kier alpha value is -1.36. The van der Waals surface area contributed by atoms with E-state index in [0.29, 0.717) is 0 Å². The van der Waals surface area contributed by atoms with Crippen LogP contribution in [0.25, 0.3) is 0 Å². The lowest BCUT2D eigenvalue weighted by Crippen LogP contribution is -2.28. The highest BCUT2D eigenvalue weighted by atomic mass is 79.9. The quantitative estimate of drug-likeness (QED) is 0.674. The van der Waals surface area contributed by atoms with Gasteiger partial charge in [0.2, 0.25) is 0 Å². The molecule has 1 unspecified atom stereocenters. The monoisotopic (exact) mass is 306 g/mol. The molecule has 0 heterocycles. The van der Waals surface area contributed by atoms with Crippen LogP contribution in [0.1, 0.15) is 17.2 Å². The minimum absolute atomic E-state index is 0.0578. The lowest BCUT2D eigenvalue weighted by molar-refractivity contribution is 0.413. The minimum atomic E-state index is -0.0578. The van der Waals surface area contributed by atoms with Crippen molar-refractivity contribution < 1.29 is 4.74 Å². The van der Waals surface area contributed by atoms with Gasteiger partial charge in [-0.1, -0.05) is 40.2 Å². The largest absolute Gasteiger partial charge is 0.497 e. The van der Waals surface area contributed by atoms with Crippen molar-refractivity contribution in [2.24, 2.45) is 5.84 Å². The number of methoxy groups -OCH3 is 1. The van der Waals surface area contributed by atoms with Gasteiger partial charge >= 0.3 is 0 Å². The van der Waals surface area contributed by atoms with Gasteiger partial charge in [-0.05, 0) is 35.4 Å². The number of benzene rings is 2. The molecule has 0 fully saturated rings. The van der Waals surface area contributed by atoms with Crippen LogP contribution in [-0.4, -0.2) is 7.11 Å². The summed E-state index contributed by atoms with van der Waals surface area (Å²) in [6.07, 6.45) is 0. The van der Waals surface area contributed by atoms with Gasteiger partial charge in [-0.25, -0.2) is 5.43 Å². The minimum Gasteiger partial charge on any atom is -0.497 e. The first-order valence-electron chi connectivity index (χ1n) is 5.60. The predicted molar refractivity (Wildman–Crippen MR) is 76.3 cm³/mol. The summed E-state index contributed by atoms with van der Waals surface area (Å²) in [6, 6.07) is 15.9. The molecule has 2 aromatic rings. The first kappa shape index (κ1) is 13.1. The molecule has 3 N–H and O–H groups in total. The van der Waals surface area contributed by atoms with Gasteiger partial charge in [0.05, 0.1) is 13.2 Å². The molecule has 0 aliphatic carbocycles. The highest BCUT2D eigenvalue weighted by molar-refractivity contribution is 9.10. The fourth-order valence-corrected chi connectivity index (χ4v) is 2.31. The Labute approximate surface area is 115 Å². The van der Waals surface area contributed by atoms with E-state index in [2.05, 4.69) is 21.4 Å². The van der Waals surface area contributed by atoms with E-state index < -0.39 is 0 Å². The Bertz CT molecular complexity index is 531. The van der Waals surface area contributed by atoms with Crippen LogP contribution in [0.15, 0.2) is 53.0 Å². The van der Waals surface area contributed by atoms with E-state index in [1.54, 1.807) is 7.11 Å². The smallest absolute Gasteiger partial charge is 0.119 e. The van der Waals surface area contributed by atoms with Crippen molar-refractivity contribution >= 4 is 15.9 Å². The number of hydrazine groups is 1. The first-order chi connectivity index (χ1) is 8.74. The number of nitrogens with one attached hydrogen (secondary N) is 1. The Balaban J connectivity index is 2.38. The maximum Gasteiger partial charge on any atom is 0.119 e. The van der Waals surface area contributed by atoms with Gasteiger partial charge in [0.25, 0.3) is 0 Å². The molecule has 0 spiro atoms. The molecule has 0 aliphatic rings. The molecule has 1 atom stereocenters. The van der Waals surface area contributed by atoms with Crippen molar-refractivity contribution in [1.29, 1.82) is 0 Å². The molecule has 0 amide bonds. The molecule has 3 nitrogen and oxygen atoms in total. The van der Waals surface area contributed by atoms with Gasteiger partial charge in [0, 0.05) is 4.47 Å². The molecule has 0 aliphatic heterocycles. The lowest BCUT2D eigenvalue weighted by atomic mass is 9.99. The van der Waals surface area contributed by atoms with E-state index in [1.807, 2.05) is 48.5 Å². The van der Waals surface area contributed by atoms with E-state index >= 15 is 0 Å². The second-order valence-electron chi connectivity index (χ2n) is 3.93. The molecule has 18 heavy (non-hydrogen) atoms. The summed E-state index contributed by atoms with van der Waals surface area (Å²) >= 11 is 3.47. The van der Waals surface area contributed by atoms with Crippen LogP contribution in [-0.2, 0) is 0 Å². The molecule has 0 bridgehead atoms. The highest BCUT2D eigenvalue weighted by Crippen LogP contribution is 2.26. The molecule has 0 saturated carbocycles. The standard InChI is InChI=1S/C14H15BrN2O/c1-18-13-7-3-5-11(9-13)14(17-16)10-4-2-6-12(15)8-10/h2-9,14,17H,16H2,1H3. The number of hydrogen-bond donors (Lipinski definition) is 2. The van der Waals surface area contributed by atoms with Crippen LogP contribution >= 0.6 is 15.9 Å². The van der Waals surface area contributed by atoms with E-state index in [4.69, 9.17) is 10.6 Å². The summed E-state index contributed by atoms with van der Waals surface area (Å²) in [4.78, 5) is 0. The topological polar surface area (TPSA) is 47.3 Å². The predicted octanol–water partition coefficient (Wildman–Crippen LogP) is 3.01. The third-order valence-corrected chi connectivity index (χ3v) is 3.27. The zero-order valence-electron chi connectivity index (χ0n) is 10.1. The Kier molecular flexibility index (Phi) is 4.36. The van der Waals surface area contributed by atoms with Gasteiger partial charge in [0.15, 0.2) is 0 Å². The highest BCUT2D eigenvalue weighted by Gasteiger charge is 2.13. The Morgan fingerprint density at radius 3 is 2.39 bits per heavy atom. The van der Waals surface area contributed by atoms with Crippen LogP contribution in [0, 0.1) is 0 Å². The molecular formula is C14H15BrN2O. The summed E-state index contributed by atoms with van der Waals surface area (Å²) in [5.41, 5.74) is 5.00. The van der Waals surface area contributed by atoms with E-state index in [1.165, 1.54) is 0 Å². The van der Waals surface area contributed by atoms with Crippen molar-refractivity contribution in [2.75, 3.05) is 7.11 Å². The second-order valence-corrected chi connectivity index (χ2v) is 4.85. The normalized spacial score (nSPS) is 12.2. The summed E-state index contributed by atoms with van der Waals surface area (Å²) in [6.45, 7) is 0. The zero-order valence-corrected chi connectivity index (χ0v) is 11.6. The lowest BCUT2D eigenvalue weighted by Gasteiger charge is -2.17.